The summed E-state index contributed by atoms with van der Waals surface area (Å²) in [5.41, 5.74) is 2.87. The molecule has 1 aromatic carbocycles. The van der Waals surface area contributed by atoms with Crippen LogP contribution in [0.4, 0.5) is 5.69 Å². The maximum absolute atomic E-state index is 11.7. The van der Waals surface area contributed by atoms with Gasteiger partial charge in [0.15, 0.2) is 0 Å². The molecule has 0 saturated heterocycles. The van der Waals surface area contributed by atoms with Crippen LogP contribution >= 0.6 is 0 Å². The second-order valence-electron chi connectivity index (χ2n) is 4.33. The van der Waals surface area contributed by atoms with Crippen molar-refractivity contribution < 1.29 is 4.79 Å². The molecule has 0 bridgehead atoms. The van der Waals surface area contributed by atoms with Crippen LogP contribution in [0.25, 0.3) is 0 Å². The average molecular weight is 255 g/mol. The van der Waals surface area contributed by atoms with Crippen LogP contribution in [-0.2, 0) is 11.3 Å². The first kappa shape index (κ1) is 13.2. The highest BCUT2D eigenvalue weighted by atomic mass is 16.1. The van der Waals surface area contributed by atoms with Crippen molar-refractivity contribution in [3.63, 3.8) is 0 Å². The predicted octanol–water partition coefficient (Wildman–Crippen LogP) is 2.12. The lowest BCUT2D eigenvalue weighted by Gasteiger charge is -2.06. The zero-order valence-electron chi connectivity index (χ0n) is 10.9. The van der Waals surface area contributed by atoms with Gasteiger partial charge in [0.1, 0.15) is 0 Å². The molecule has 2 rings (SSSR count). The Labute approximate surface area is 112 Å². The second-order valence-corrected chi connectivity index (χ2v) is 4.33. The Bertz CT molecular complexity index is 523. The monoisotopic (exact) mass is 255 g/mol. The molecule has 0 aliphatic rings. The SMILES string of the molecule is Cc1ccc(CNCC(=O)Nc2ccccc2)cn1. The number of nitrogens with zero attached hydrogens (tertiary/aromatic N) is 1. The van der Waals surface area contributed by atoms with E-state index in [1.165, 1.54) is 0 Å². The molecular weight excluding hydrogens is 238 g/mol. The minimum absolute atomic E-state index is 0.0497. The first-order chi connectivity index (χ1) is 9.24. The van der Waals surface area contributed by atoms with Crippen molar-refractivity contribution in [2.45, 2.75) is 13.5 Å². The number of pyridine rings is 1. The Kier molecular flexibility index (Phi) is 4.64. The first-order valence-corrected chi connectivity index (χ1v) is 6.21. The molecule has 0 saturated carbocycles. The topological polar surface area (TPSA) is 54.0 Å². The van der Waals surface area contributed by atoms with Crippen molar-refractivity contribution >= 4 is 11.6 Å². The van der Waals surface area contributed by atoms with E-state index in [1.54, 1.807) is 0 Å². The van der Waals surface area contributed by atoms with E-state index in [2.05, 4.69) is 15.6 Å². The molecule has 2 aromatic rings. The van der Waals surface area contributed by atoms with E-state index in [0.717, 1.165) is 16.9 Å². The maximum atomic E-state index is 11.7. The van der Waals surface area contributed by atoms with Crippen LogP contribution in [0.1, 0.15) is 11.3 Å². The minimum Gasteiger partial charge on any atom is -0.325 e. The Morgan fingerprint density at radius 1 is 1.16 bits per heavy atom. The summed E-state index contributed by atoms with van der Waals surface area (Å²) in [6.45, 7) is 2.86. The van der Waals surface area contributed by atoms with Crippen molar-refractivity contribution in [1.82, 2.24) is 10.3 Å². The zero-order valence-corrected chi connectivity index (χ0v) is 10.9. The van der Waals surface area contributed by atoms with Gasteiger partial charge in [-0.05, 0) is 30.7 Å². The third-order valence-corrected chi connectivity index (χ3v) is 2.64. The number of hydrogen-bond donors (Lipinski definition) is 2. The van der Waals surface area contributed by atoms with Gasteiger partial charge in [-0.25, -0.2) is 0 Å². The van der Waals surface area contributed by atoms with Gasteiger partial charge in [0, 0.05) is 24.1 Å². The van der Waals surface area contributed by atoms with Crippen molar-refractivity contribution in [1.29, 1.82) is 0 Å². The molecule has 0 aliphatic carbocycles. The fourth-order valence-corrected chi connectivity index (χ4v) is 1.65. The molecule has 98 valence electrons. The van der Waals surface area contributed by atoms with Crippen LogP contribution in [-0.4, -0.2) is 17.4 Å². The van der Waals surface area contributed by atoms with Crippen molar-refractivity contribution in [2.24, 2.45) is 0 Å². The van der Waals surface area contributed by atoms with Crippen LogP contribution in [0.5, 0.6) is 0 Å². The van der Waals surface area contributed by atoms with Gasteiger partial charge in [0.2, 0.25) is 5.91 Å². The summed E-state index contributed by atoms with van der Waals surface area (Å²) in [5.74, 6) is -0.0497. The van der Waals surface area contributed by atoms with E-state index in [9.17, 15) is 4.79 Å². The summed E-state index contributed by atoms with van der Waals surface area (Å²) < 4.78 is 0. The molecule has 1 amide bonds. The van der Waals surface area contributed by atoms with Crippen LogP contribution in [0.2, 0.25) is 0 Å². The smallest absolute Gasteiger partial charge is 0.238 e. The highest BCUT2D eigenvalue weighted by Crippen LogP contribution is 2.04. The number of anilines is 1. The molecule has 0 radical (unpaired) electrons. The molecule has 0 atom stereocenters. The summed E-state index contributed by atoms with van der Waals surface area (Å²) in [5, 5.41) is 5.91. The van der Waals surface area contributed by atoms with Crippen molar-refractivity contribution in [3.8, 4) is 0 Å². The lowest BCUT2D eigenvalue weighted by Crippen LogP contribution is -2.27. The highest BCUT2D eigenvalue weighted by molar-refractivity contribution is 5.92. The molecule has 4 heteroatoms. The number of carbonyl (C=O) groups is 1. The molecule has 2 N–H and O–H groups in total. The van der Waals surface area contributed by atoms with E-state index in [-0.39, 0.29) is 12.5 Å². The standard InChI is InChI=1S/C15H17N3O/c1-12-7-8-13(10-17-12)9-16-11-15(19)18-14-5-3-2-4-6-14/h2-8,10,16H,9,11H2,1H3,(H,18,19). The number of benzene rings is 1. The summed E-state index contributed by atoms with van der Waals surface area (Å²) >= 11 is 0. The quantitative estimate of drug-likeness (QED) is 0.860. The van der Waals surface area contributed by atoms with Crippen LogP contribution in [0.15, 0.2) is 48.7 Å². The number of aromatic nitrogens is 1. The fourth-order valence-electron chi connectivity index (χ4n) is 1.65. The minimum atomic E-state index is -0.0497. The van der Waals surface area contributed by atoms with Gasteiger partial charge < -0.3 is 10.6 Å². The molecule has 0 aliphatic heterocycles. The summed E-state index contributed by atoms with van der Waals surface area (Å²) in [4.78, 5) is 15.9. The number of rotatable bonds is 5. The number of carbonyl (C=O) groups excluding carboxylic acids is 1. The van der Waals surface area contributed by atoms with Gasteiger partial charge in [-0.1, -0.05) is 24.3 Å². The molecule has 1 heterocycles. The molecule has 1 aromatic heterocycles. The Morgan fingerprint density at radius 2 is 1.95 bits per heavy atom. The molecule has 0 fully saturated rings. The number of amides is 1. The summed E-state index contributed by atoms with van der Waals surface area (Å²) in [6, 6.07) is 13.4. The van der Waals surface area contributed by atoms with E-state index in [1.807, 2.05) is 55.6 Å². The van der Waals surface area contributed by atoms with Gasteiger partial charge in [-0.3, -0.25) is 9.78 Å². The summed E-state index contributed by atoms with van der Waals surface area (Å²) in [6.07, 6.45) is 1.82. The molecule has 19 heavy (non-hydrogen) atoms. The first-order valence-electron chi connectivity index (χ1n) is 6.21. The number of para-hydroxylation sites is 1. The molecular formula is C15H17N3O. The lowest BCUT2D eigenvalue weighted by atomic mass is 10.2. The Morgan fingerprint density at radius 3 is 2.63 bits per heavy atom. The predicted molar refractivity (Wildman–Crippen MR) is 75.8 cm³/mol. The number of nitrogens with one attached hydrogen (secondary N) is 2. The molecule has 0 spiro atoms. The van der Waals surface area contributed by atoms with Crippen molar-refractivity contribution in [3.05, 3.63) is 59.9 Å². The fraction of sp³-hybridized carbons (Fsp3) is 0.200. The Hall–Kier alpha value is -2.20. The normalized spacial score (nSPS) is 10.2. The van der Waals surface area contributed by atoms with Crippen molar-refractivity contribution in [2.75, 3.05) is 11.9 Å². The van der Waals surface area contributed by atoms with E-state index in [0.29, 0.717) is 6.54 Å². The third-order valence-electron chi connectivity index (χ3n) is 2.64. The lowest BCUT2D eigenvalue weighted by molar-refractivity contribution is -0.115. The third kappa shape index (κ3) is 4.52. The van der Waals surface area contributed by atoms with Gasteiger partial charge in [0.25, 0.3) is 0 Å². The number of hydrogen-bond acceptors (Lipinski definition) is 3. The van der Waals surface area contributed by atoms with Gasteiger partial charge in [-0.15, -0.1) is 0 Å². The van der Waals surface area contributed by atoms with E-state index < -0.39 is 0 Å². The summed E-state index contributed by atoms with van der Waals surface area (Å²) in [7, 11) is 0. The van der Waals surface area contributed by atoms with E-state index >= 15 is 0 Å². The van der Waals surface area contributed by atoms with E-state index in [4.69, 9.17) is 0 Å². The zero-order chi connectivity index (χ0) is 13.5. The average Bonchev–Trinajstić information content (AvgIpc) is 2.42. The number of aryl methyl sites for hydroxylation is 1. The Balaban J connectivity index is 1.74. The van der Waals surface area contributed by atoms with Crippen LogP contribution < -0.4 is 10.6 Å². The largest absolute Gasteiger partial charge is 0.325 e. The maximum Gasteiger partial charge on any atom is 0.238 e. The molecule has 0 unspecified atom stereocenters. The second kappa shape index (κ2) is 6.66. The molecule has 4 nitrogen and oxygen atoms in total. The van der Waals surface area contributed by atoms with Gasteiger partial charge in [-0.2, -0.15) is 0 Å². The van der Waals surface area contributed by atoms with Gasteiger partial charge >= 0.3 is 0 Å². The van der Waals surface area contributed by atoms with Crippen LogP contribution in [0.3, 0.4) is 0 Å². The van der Waals surface area contributed by atoms with Crippen LogP contribution in [0, 0.1) is 6.92 Å². The van der Waals surface area contributed by atoms with Gasteiger partial charge in [0.05, 0.1) is 6.54 Å². The highest BCUT2D eigenvalue weighted by Gasteiger charge is 2.01.